The van der Waals surface area contributed by atoms with E-state index in [0.29, 0.717) is 18.7 Å². The van der Waals surface area contributed by atoms with Gasteiger partial charge in [0.15, 0.2) is 0 Å². The third-order valence-corrected chi connectivity index (χ3v) is 3.78. The monoisotopic (exact) mass is 286 g/mol. The van der Waals surface area contributed by atoms with Gasteiger partial charge in [-0.25, -0.2) is 13.6 Å². The van der Waals surface area contributed by atoms with Crippen LogP contribution >= 0.6 is 0 Å². The Hall–Kier alpha value is -1.60. The Labute approximate surface area is 112 Å². The summed E-state index contributed by atoms with van der Waals surface area (Å²) in [7, 11) is -4.17. The summed E-state index contributed by atoms with van der Waals surface area (Å²) >= 11 is 0. The van der Waals surface area contributed by atoms with Crippen LogP contribution in [0, 0.1) is 6.92 Å². The van der Waals surface area contributed by atoms with E-state index in [1.807, 2.05) is 0 Å². The molecule has 1 aromatic rings. The van der Waals surface area contributed by atoms with Crippen LogP contribution in [0.2, 0.25) is 0 Å². The second-order valence-corrected chi connectivity index (χ2v) is 5.68. The smallest absolute Gasteiger partial charge is 0.255 e. The molecule has 0 aliphatic carbocycles. The third-order valence-electron chi connectivity index (χ3n) is 2.78. The molecule has 1 aromatic carbocycles. The summed E-state index contributed by atoms with van der Waals surface area (Å²) in [6.45, 7) is 6.11. The van der Waals surface area contributed by atoms with Crippen LogP contribution in [0.1, 0.15) is 29.8 Å². The molecule has 0 saturated heterocycles. The number of nitrogens with zero attached hydrogens (tertiary/aromatic N) is 1. The molecule has 1 amide bonds. The predicted molar refractivity (Wildman–Crippen MR) is 71.5 cm³/mol. The van der Waals surface area contributed by atoms with Gasteiger partial charge >= 0.3 is 0 Å². The van der Waals surface area contributed by atoms with Crippen molar-refractivity contribution in [2.75, 3.05) is 13.1 Å². The van der Waals surface area contributed by atoms with Gasteiger partial charge in [-0.15, -0.1) is 0 Å². The van der Waals surface area contributed by atoms with Crippen molar-refractivity contribution in [3.05, 3.63) is 23.3 Å². The molecule has 1 rings (SSSR count). The van der Waals surface area contributed by atoms with Crippen molar-refractivity contribution < 1.29 is 18.3 Å². The highest BCUT2D eigenvalue weighted by atomic mass is 32.2. The molecule has 0 aliphatic rings. The van der Waals surface area contributed by atoms with Crippen LogP contribution in [0.3, 0.4) is 0 Å². The van der Waals surface area contributed by atoms with Gasteiger partial charge in [-0.05, 0) is 38.5 Å². The highest BCUT2D eigenvalue weighted by molar-refractivity contribution is 7.89. The minimum Gasteiger partial charge on any atom is -0.506 e. The quantitative estimate of drug-likeness (QED) is 0.856. The highest BCUT2D eigenvalue weighted by Gasteiger charge is 2.26. The Balaban J connectivity index is 3.54. The van der Waals surface area contributed by atoms with Gasteiger partial charge in [0.2, 0.25) is 10.0 Å². The van der Waals surface area contributed by atoms with Gasteiger partial charge in [-0.1, -0.05) is 0 Å². The number of carbonyl (C=O) groups excluding carboxylic acids is 1. The summed E-state index contributed by atoms with van der Waals surface area (Å²) in [6.07, 6.45) is 0. The number of carbonyl (C=O) groups is 1. The van der Waals surface area contributed by atoms with Crippen molar-refractivity contribution in [2.24, 2.45) is 5.14 Å². The van der Waals surface area contributed by atoms with Crippen LogP contribution in [-0.4, -0.2) is 37.4 Å². The zero-order chi connectivity index (χ0) is 14.8. The van der Waals surface area contributed by atoms with Gasteiger partial charge in [0.05, 0.1) is 5.56 Å². The van der Waals surface area contributed by atoms with E-state index in [1.54, 1.807) is 20.8 Å². The van der Waals surface area contributed by atoms with Crippen LogP contribution in [0.25, 0.3) is 0 Å². The lowest BCUT2D eigenvalue weighted by molar-refractivity contribution is 0.0768. The first-order chi connectivity index (χ1) is 8.72. The van der Waals surface area contributed by atoms with Gasteiger partial charge in [0.1, 0.15) is 10.6 Å². The molecule has 6 nitrogen and oxygen atoms in total. The largest absolute Gasteiger partial charge is 0.506 e. The highest BCUT2D eigenvalue weighted by Crippen LogP contribution is 2.28. The lowest BCUT2D eigenvalue weighted by Gasteiger charge is -2.20. The summed E-state index contributed by atoms with van der Waals surface area (Å²) in [4.78, 5) is 13.2. The predicted octanol–water partition coefficient (Wildman–Crippen LogP) is 0.830. The Bertz CT molecular complexity index is 592. The molecule has 0 fully saturated rings. The van der Waals surface area contributed by atoms with Gasteiger partial charge in [-0.2, -0.15) is 0 Å². The van der Waals surface area contributed by atoms with Crippen molar-refractivity contribution in [1.29, 1.82) is 0 Å². The molecule has 0 heterocycles. The Morgan fingerprint density at radius 1 is 1.32 bits per heavy atom. The van der Waals surface area contributed by atoms with Gasteiger partial charge in [0.25, 0.3) is 5.91 Å². The number of hydrogen-bond donors (Lipinski definition) is 2. The van der Waals surface area contributed by atoms with Crippen molar-refractivity contribution >= 4 is 15.9 Å². The molecular weight excluding hydrogens is 268 g/mol. The fourth-order valence-electron chi connectivity index (χ4n) is 1.89. The maximum absolute atomic E-state index is 12.3. The molecule has 106 valence electrons. The van der Waals surface area contributed by atoms with Crippen LogP contribution in [-0.2, 0) is 10.0 Å². The maximum atomic E-state index is 12.3. The molecular formula is C12H18N2O4S. The molecule has 7 heteroatoms. The lowest BCUT2D eigenvalue weighted by atomic mass is 10.1. The number of sulfonamides is 1. The van der Waals surface area contributed by atoms with E-state index in [1.165, 1.54) is 17.0 Å². The van der Waals surface area contributed by atoms with E-state index in [0.717, 1.165) is 0 Å². The van der Waals surface area contributed by atoms with Crippen molar-refractivity contribution in [1.82, 2.24) is 4.90 Å². The number of rotatable bonds is 4. The first-order valence-electron chi connectivity index (χ1n) is 5.88. The molecule has 0 saturated carbocycles. The van der Waals surface area contributed by atoms with E-state index in [2.05, 4.69) is 0 Å². The second kappa shape index (κ2) is 5.58. The fraction of sp³-hybridized carbons (Fsp3) is 0.417. The molecule has 19 heavy (non-hydrogen) atoms. The number of nitrogens with two attached hydrogens (primary N) is 1. The van der Waals surface area contributed by atoms with Crippen LogP contribution in [0.15, 0.2) is 17.0 Å². The Morgan fingerprint density at radius 2 is 1.84 bits per heavy atom. The van der Waals surface area contributed by atoms with Crippen LogP contribution < -0.4 is 5.14 Å². The number of phenols is 1. The standard InChI is InChI=1S/C12H18N2O4S/c1-4-14(5-2)12(16)9-6-8(3)7-10(15)11(9)19(13,17)18/h6-7,15H,4-5H2,1-3H3,(H2,13,17,18). The molecule has 0 aromatic heterocycles. The number of benzene rings is 1. The zero-order valence-electron chi connectivity index (χ0n) is 11.2. The minimum absolute atomic E-state index is 0.0938. The number of primary sulfonamides is 1. The minimum atomic E-state index is -4.17. The normalized spacial score (nSPS) is 11.4. The summed E-state index contributed by atoms with van der Waals surface area (Å²) in [5.74, 6) is -0.967. The van der Waals surface area contributed by atoms with Crippen molar-refractivity contribution in [3.8, 4) is 5.75 Å². The van der Waals surface area contributed by atoms with Crippen molar-refractivity contribution in [3.63, 3.8) is 0 Å². The van der Waals surface area contributed by atoms with Crippen LogP contribution in [0.4, 0.5) is 0 Å². The van der Waals surface area contributed by atoms with E-state index in [-0.39, 0.29) is 5.56 Å². The lowest BCUT2D eigenvalue weighted by Crippen LogP contribution is -2.32. The van der Waals surface area contributed by atoms with Gasteiger partial charge in [-0.3, -0.25) is 4.79 Å². The molecule has 0 bridgehead atoms. The number of phenolic OH excluding ortho intramolecular Hbond substituents is 1. The Kier molecular flexibility index (Phi) is 4.54. The van der Waals surface area contributed by atoms with Gasteiger partial charge in [0, 0.05) is 13.1 Å². The van der Waals surface area contributed by atoms with E-state index in [9.17, 15) is 18.3 Å². The zero-order valence-corrected chi connectivity index (χ0v) is 12.0. The Morgan fingerprint density at radius 3 is 2.26 bits per heavy atom. The molecule has 0 aliphatic heterocycles. The van der Waals surface area contributed by atoms with Gasteiger partial charge < -0.3 is 10.0 Å². The summed E-state index contributed by atoms with van der Waals surface area (Å²) in [5, 5.41) is 14.8. The number of aromatic hydroxyl groups is 1. The van der Waals surface area contributed by atoms with Crippen LogP contribution in [0.5, 0.6) is 5.75 Å². The molecule has 3 N–H and O–H groups in total. The average molecular weight is 286 g/mol. The maximum Gasteiger partial charge on any atom is 0.255 e. The van der Waals surface area contributed by atoms with E-state index in [4.69, 9.17) is 5.14 Å². The average Bonchev–Trinajstić information content (AvgIpc) is 2.27. The number of aryl methyl sites for hydroxylation is 1. The summed E-state index contributed by atoms with van der Waals surface area (Å²) in [6, 6.07) is 2.68. The van der Waals surface area contributed by atoms with E-state index >= 15 is 0 Å². The summed E-state index contributed by atoms with van der Waals surface area (Å²) in [5.41, 5.74) is 0.490. The SMILES string of the molecule is CCN(CC)C(=O)c1cc(C)cc(O)c1S(N)(=O)=O. The topological polar surface area (TPSA) is 101 Å². The van der Waals surface area contributed by atoms with Crippen molar-refractivity contribution in [2.45, 2.75) is 25.7 Å². The number of hydrogen-bond acceptors (Lipinski definition) is 4. The second-order valence-electron chi connectivity index (χ2n) is 4.18. The molecule has 0 spiro atoms. The fourth-order valence-corrected chi connectivity index (χ4v) is 2.70. The first-order valence-corrected chi connectivity index (χ1v) is 7.42. The number of amides is 1. The third kappa shape index (κ3) is 3.24. The molecule has 0 atom stereocenters. The first kappa shape index (κ1) is 15.5. The molecule has 0 unspecified atom stereocenters. The molecule has 0 radical (unpaired) electrons. The van der Waals surface area contributed by atoms with E-state index < -0.39 is 26.6 Å². The summed E-state index contributed by atoms with van der Waals surface area (Å²) < 4.78 is 23.1.